The van der Waals surface area contributed by atoms with Crippen LogP contribution in [0.25, 0.3) is 11.0 Å². The monoisotopic (exact) mass is 279 g/mol. The summed E-state index contributed by atoms with van der Waals surface area (Å²) >= 11 is 1.41. The Hall–Kier alpha value is -1.69. The highest BCUT2D eigenvalue weighted by Gasteiger charge is 2.15. The number of thioether (sulfide) groups is 1. The molecule has 2 N–H and O–H groups in total. The van der Waals surface area contributed by atoms with E-state index in [2.05, 4.69) is 15.3 Å². The van der Waals surface area contributed by atoms with Gasteiger partial charge in [0.1, 0.15) is 5.75 Å². The van der Waals surface area contributed by atoms with Gasteiger partial charge in [0, 0.05) is 12.6 Å². The molecule has 0 fully saturated rings. The molecule has 2 aromatic rings. The Kier molecular flexibility index (Phi) is 4.31. The van der Waals surface area contributed by atoms with Gasteiger partial charge in [0.15, 0.2) is 5.16 Å². The van der Waals surface area contributed by atoms with Gasteiger partial charge < -0.3 is 15.0 Å². The molecule has 0 radical (unpaired) electrons. The smallest absolute Gasteiger partial charge is 0.233 e. The molecule has 0 aliphatic heterocycles. The predicted octanol–water partition coefficient (Wildman–Crippen LogP) is 2.19. The number of nitrogens with zero attached hydrogens (tertiary/aromatic N) is 1. The van der Waals surface area contributed by atoms with Crippen molar-refractivity contribution >= 4 is 28.7 Å². The maximum absolute atomic E-state index is 11.7. The number of fused-ring (bicyclic) bond motifs is 1. The number of hydrogen-bond acceptors (Lipinski definition) is 4. The van der Waals surface area contributed by atoms with E-state index in [4.69, 9.17) is 4.74 Å². The Labute approximate surface area is 116 Å². The van der Waals surface area contributed by atoms with Gasteiger partial charge in [-0.3, -0.25) is 4.79 Å². The maximum atomic E-state index is 11.7. The van der Waals surface area contributed by atoms with Crippen LogP contribution in [0.4, 0.5) is 0 Å². The zero-order chi connectivity index (χ0) is 13.8. The second-order valence-corrected chi connectivity index (χ2v) is 5.41. The van der Waals surface area contributed by atoms with Crippen molar-refractivity contribution in [2.75, 3.05) is 13.7 Å². The molecule has 0 aliphatic rings. The van der Waals surface area contributed by atoms with Crippen LogP contribution in [-0.2, 0) is 4.79 Å². The molecular formula is C13H17N3O2S. The van der Waals surface area contributed by atoms with E-state index >= 15 is 0 Å². The third-order valence-corrected chi connectivity index (χ3v) is 3.66. The number of H-pyrrole nitrogens is 1. The lowest BCUT2D eigenvalue weighted by Gasteiger charge is -2.08. The van der Waals surface area contributed by atoms with Crippen LogP contribution in [0.15, 0.2) is 23.4 Å². The molecular weight excluding hydrogens is 262 g/mol. The number of imidazole rings is 1. The van der Waals surface area contributed by atoms with Gasteiger partial charge in [-0.25, -0.2) is 4.98 Å². The maximum Gasteiger partial charge on any atom is 0.233 e. The third-order valence-electron chi connectivity index (χ3n) is 2.68. The van der Waals surface area contributed by atoms with E-state index in [-0.39, 0.29) is 11.2 Å². The minimum Gasteiger partial charge on any atom is -0.497 e. The average molecular weight is 279 g/mol. The summed E-state index contributed by atoms with van der Waals surface area (Å²) in [6, 6.07) is 5.65. The largest absolute Gasteiger partial charge is 0.497 e. The average Bonchev–Trinajstić information content (AvgIpc) is 2.79. The van der Waals surface area contributed by atoms with E-state index in [1.807, 2.05) is 32.0 Å². The molecule has 0 saturated carbocycles. The molecule has 1 heterocycles. The molecule has 0 unspecified atom stereocenters. The first kappa shape index (κ1) is 13.7. The molecule has 1 aromatic carbocycles. The summed E-state index contributed by atoms with van der Waals surface area (Å²) in [5, 5.41) is 3.36. The number of hydrogen-bond donors (Lipinski definition) is 2. The van der Waals surface area contributed by atoms with Gasteiger partial charge in [0.05, 0.1) is 23.4 Å². The minimum atomic E-state index is -0.178. The number of aromatic nitrogens is 2. The Morgan fingerprint density at radius 1 is 1.58 bits per heavy atom. The summed E-state index contributed by atoms with van der Waals surface area (Å²) in [6.07, 6.45) is 0. The SMILES string of the molecule is CCNC(=O)[C@H](C)Sc1nc2ccc(OC)cc2[nH]1. The zero-order valence-electron chi connectivity index (χ0n) is 11.2. The highest BCUT2D eigenvalue weighted by molar-refractivity contribution is 8.00. The number of benzene rings is 1. The molecule has 0 bridgehead atoms. The van der Waals surface area contributed by atoms with Crippen LogP contribution in [0.5, 0.6) is 5.75 Å². The molecule has 1 amide bonds. The third kappa shape index (κ3) is 3.20. The van der Waals surface area contributed by atoms with Crippen LogP contribution in [0, 0.1) is 0 Å². The van der Waals surface area contributed by atoms with Crippen molar-refractivity contribution in [3.63, 3.8) is 0 Å². The molecule has 1 atom stereocenters. The molecule has 5 nitrogen and oxygen atoms in total. The van der Waals surface area contributed by atoms with Crippen molar-refractivity contribution in [2.45, 2.75) is 24.3 Å². The van der Waals surface area contributed by atoms with Crippen molar-refractivity contribution in [2.24, 2.45) is 0 Å². The number of carbonyl (C=O) groups excluding carboxylic acids is 1. The fourth-order valence-corrected chi connectivity index (χ4v) is 2.53. The molecule has 0 aliphatic carbocycles. The van der Waals surface area contributed by atoms with Gasteiger partial charge in [0.2, 0.25) is 5.91 Å². The van der Waals surface area contributed by atoms with Gasteiger partial charge in [0.25, 0.3) is 0 Å². The minimum absolute atomic E-state index is 0.0190. The van der Waals surface area contributed by atoms with Crippen LogP contribution >= 0.6 is 11.8 Å². The quantitative estimate of drug-likeness (QED) is 0.823. The summed E-state index contributed by atoms with van der Waals surface area (Å²) in [7, 11) is 1.63. The normalized spacial score (nSPS) is 12.4. The molecule has 102 valence electrons. The van der Waals surface area contributed by atoms with Gasteiger partial charge in [-0.1, -0.05) is 11.8 Å². The van der Waals surface area contributed by atoms with Crippen LogP contribution in [0.3, 0.4) is 0 Å². The number of rotatable bonds is 5. The van der Waals surface area contributed by atoms with E-state index in [1.165, 1.54) is 11.8 Å². The van der Waals surface area contributed by atoms with Crippen molar-refractivity contribution in [1.82, 2.24) is 15.3 Å². The van der Waals surface area contributed by atoms with Crippen LogP contribution in [0.2, 0.25) is 0 Å². The molecule has 0 spiro atoms. The van der Waals surface area contributed by atoms with Crippen LogP contribution < -0.4 is 10.1 Å². The van der Waals surface area contributed by atoms with Gasteiger partial charge in [-0.2, -0.15) is 0 Å². The van der Waals surface area contributed by atoms with E-state index in [9.17, 15) is 4.79 Å². The highest BCUT2D eigenvalue weighted by Crippen LogP contribution is 2.25. The van der Waals surface area contributed by atoms with E-state index in [0.717, 1.165) is 21.9 Å². The standard InChI is InChI=1S/C13H17N3O2S/c1-4-14-12(17)8(2)19-13-15-10-6-5-9(18-3)7-11(10)16-13/h5-8H,4H2,1-3H3,(H,14,17)(H,15,16)/t8-/m0/s1. The second kappa shape index (κ2) is 5.97. The summed E-state index contributed by atoms with van der Waals surface area (Å²) in [5.74, 6) is 0.801. The van der Waals surface area contributed by atoms with Gasteiger partial charge in [-0.15, -0.1) is 0 Å². The Morgan fingerprint density at radius 2 is 2.37 bits per heavy atom. The Morgan fingerprint density at radius 3 is 3.05 bits per heavy atom. The van der Waals surface area contributed by atoms with E-state index < -0.39 is 0 Å². The Bertz CT molecular complexity index is 582. The first-order valence-corrected chi connectivity index (χ1v) is 7.00. The lowest BCUT2D eigenvalue weighted by atomic mass is 10.3. The van der Waals surface area contributed by atoms with Crippen LogP contribution in [0.1, 0.15) is 13.8 Å². The topological polar surface area (TPSA) is 67.0 Å². The van der Waals surface area contributed by atoms with Crippen molar-refractivity contribution in [3.8, 4) is 5.75 Å². The number of nitrogens with one attached hydrogen (secondary N) is 2. The van der Waals surface area contributed by atoms with Crippen molar-refractivity contribution < 1.29 is 9.53 Å². The van der Waals surface area contributed by atoms with E-state index in [1.54, 1.807) is 7.11 Å². The first-order chi connectivity index (χ1) is 9.13. The predicted molar refractivity (Wildman–Crippen MR) is 76.6 cm³/mol. The molecule has 6 heteroatoms. The Balaban J connectivity index is 2.15. The summed E-state index contributed by atoms with van der Waals surface area (Å²) in [6.45, 7) is 4.41. The fraction of sp³-hybridized carbons (Fsp3) is 0.385. The number of methoxy groups -OCH3 is 1. The zero-order valence-corrected chi connectivity index (χ0v) is 12.0. The molecule has 2 rings (SSSR count). The van der Waals surface area contributed by atoms with E-state index in [0.29, 0.717) is 6.54 Å². The lowest BCUT2D eigenvalue weighted by Crippen LogP contribution is -2.30. The second-order valence-electron chi connectivity index (χ2n) is 4.08. The number of amides is 1. The van der Waals surface area contributed by atoms with Gasteiger partial charge >= 0.3 is 0 Å². The van der Waals surface area contributed by atoms with Crippen molar-refractivity contribution in [1.29, 1.82) is 0 Å². The number of carbonyl (C=O) groups is 1. The van der Waals surface area contributed by atoms with Crippen LogP contribution in [-0.4, -0.2) is 34.8 Å². The fourth-order valence-electron chi connectivity index (χ4n) is 1.69. The lowest BCUT2D eigenvalue weighted by molar-refractivity contribution is -0.120. The summed E-state index contributed by atoms with van der Waals surface area (Å²) in [5.41, 5.74) is 1.77. The number of aromatic amines is 1. The number of ether oxygens (including phenoxy) is 1. The summed E-state index contributed by atoms with van der Waals surface area (Å²) < 4.78 is 5.16. The molecule has 0 saturated heterocycles. The van der Waals surface area contributed by atoms with Gasteiger partial charge in [-0.05, 0) is 26.0 Å². The highest BCUT2D eigenvalue weighted by atomic mass is 32.2. The van der Waals surface area contributed by atoms with Crippen molar-refractivity contribution in [3.05, 3.63) is 18.2 Å². The molecule has 1 aromatic heterocycles. The first-order valence-electron chi connectivity index (χ1n) is 6.12. The summed E-state index contributed by atoms with van der Waals surface area (Å²) in [4.78, 5) is 19.3. The molecule has 19 heavy (non-hydrogen) atoms.